The second-order valence-corrected chi connectivity index (χ2v) is 7.19. The summed E-state index contributed by atoms with van der Waals surface area (Å²) in [6.07, 6.45) is -2.64. The molecule has 0 aliphatic carbocycles. The van der Waals surface area contributed by atoms with E-state index >= 15 is 0 Å². The molecule has 1 fully saturated rings. The Bertz CT molecular complexity index is 922. The number of fused-ring (bicyclic) bond motifs is 1. The lowest BCUT2D eigenvalue weighted by Crippen LogP contribution is -2.47. The standard InChI is InChI=1S/C16H16F3N5OS/c17-16(18,19)13-2-1-12(26-13)10-7-21-15-4-3-14(23-24(10)15)22-9-5-6-20-8-11(9)25/h1-4,7,9,11,20,25H,5-6,8H2,(H,22,23)/t9-,11+/m1/s1. The molecule has 3 N–H and O–H groups in total. The summed E-state index contributed by atoms with van der Waals surface area (Å²) in [5.74, 6) is 0.537. The molecule has 3 aromatic rings. The van der Waals surface area contributed by atoms with Crippen molar-refractivity contribution in [1.29, 1.82) is 0 Å². The average Bonchev–Trinajstić information content (AvgIpc) is 3.22. The molecule has 0 radical (unpaired) electrons. The first-order valence-corrected chi connectivity index (χ1v) is 8.91. The maximum atomic E-state index is 12.9. The van der Waals surface area contributed by atoms with Crippen LogP contribution in [0, 0.1) is 0 Å². The van der Waals surface area contributed by atoms with Crippen molar-refractivity contribution in [2.75, 3.05) is 18.4 Å². The van der Waals surface area contributed by atoms with E-state index in [-0.39, 0.29) is 6.04 Å². The monoisotopic (exact) mass is 383 g/mol. The molecule has 4 rings (SSSR count). The SMILES string of the molecule is O[C@H]1CNCC[C@H]1Nc1ccc2ncc(-c3ccc(C(F)(F)F)s3)n2n1. The minimum atomic E-state index is -4.37. The van der Waals surface area contributed by atoms with Crippen LogP contribution in [0.15, 0.2) is 30.5 Å². The van der Waals surface area contributed by atoms with Gasteiger partial charge in [0, 0.05) is 6.54 Å². The van der Waals surface area contributed by atoms with Gasteiger partial charge in [0.15, 0.2) is 5.65 Å². The van der Waals surface area contributed by atoms with Gasteiger partial charge in [-0.2, -0.15) is 13.2 Å². The van der Waals surface area contributed by atoms with Crippen LogP contribution >= 0.6 is 11.3 Å². The van der Waals surface area contributed by atoms with Crippen molar-refractivity contribution in [2.45, 2.75) is 24.7 Å². The molecule has 10 heteroatoms. The normalized spacial score (nSPS) is 21.2. The highest BCUT2D eigenvalue weighted by Gasteiger charge is 2.32. The Kier molecular flexibility index (Phi) is 4.33. The number of β-amino-alcohol motifs (C(OH)–C–C–N with tert-alkyl or cyclic N) is 1. The van der Waals surface area contributed by atoms with Crippen molar-refractivity contribution < 1.29 is 18.3 Å². The van der Waals surface area contributed by atoms with E-state index in [4.69, 9.17) is 0 Å². The summed E-state index contributed by atoms with van der Waals surface area (Å²) in [5, 5.41) is 20.8. The largest absolute Gasteiger partial charge is 0.425 e. The molecule has 26 heavy (non-hydrogen) atoms. The second kappa shape index (κ2) is 6.53. The number of piperidine rings is 1. The lowest BCUT2D eigenvalue weighted by molar-refractivity contribution is -0.134. The summed E-state index contributed by atoms with van der Waals surface area (Å²) in [5.41, 5.74) is 1.04. The van der Waals surface area contributed by atoms with Gasteiger partial charge in [-0.05, 0) is 37.2 Å². The molecule has 0 amide bonds. The number of aliphatic hydroxyl groups excluding tert-OH is 1. The van der Waals surface area contributed by atoms with Gasteiger partial charge in [0.25, 0.3) is 0 Å². The molecule has 4 heterocycles. The number of hydrogen-bond acceptors (Lipinski definition) is 6. The first kappa shape index (κ1) is 17.3. The Morgan fingerprint density at radius 3 is 2.85 bits per heavy atom. The Morgan fingerprint density at radius 1 is 1.27 bits per heavy atom. The molecular weight excluding hydrogens is 367 g/mol. The molecular formula is C16H16F3N5OS. The van der Waals surface area contributed by atoms with Gasteiger partial charge in [-0.25, -0.2) is 9.50 Å². The van der Waals surface area contributed by atoms with Crippen molar-refractivity contribution >= 4 is 22.8 Å². The summed E-state index contributed by atoms with van der Waals surface area (Å²) in [6.45, 7) is 1.30. The van der Waals surface area contributed by atoms with Gasteiger partial charge < -0.3 is 15.7 Å². The van der Waals surface area contributed by atoms with Gasteiger partial charge in [0.1, 0.15) is 16.4 Å². The van der Waals surface area contributed by atoms with Gasteiger partial charge in [-0.3, -0.25) is 0 Å². The fourth-order valence-electron chi connectivity index (χ4n) is 2.95. The van der Waals surface area contributed by atoms with E-state index in [1.165, 1.54) is 16.8 Å². The van der Waals surface area contributed by atoms with Crippen LogP contribution in [0.4, 0.5) is 19.0 Å². The van der Waals surface area contributed by atoms with Crippen LogP contribution < -0.4 is 10.6 Å². The third-order valence-electron chi connectivity index (χ3n) is 4.28. The molecule has 2 atom stereocenters. The molecule has 0 spiro atoms. The second-order valence-electron chi connectivity index (χ2n) is 6.10. The number of halogens is 3. The van der Waals surface area contributed by atoms with Gasteiger partial charge in [-0.15, -0.1) is 16.4 Å². The summed E-state index contributed by atoms with van der Waals surface area (Å²) in [4.78, 5) is 3.99. The molecule has 3 aromatic heterocycles. The van der Waals surface area contributed by atoms with E-state index in [0.29, 0.717) is 39.9 Å². The quantitative estimate of drug-likeness (QED) is 0.648. The van der Waals surface area contributed by atoms with Crippen molar-refractivity contribution in [2.24, 2.45) is 0 Å². The number of hydrogen-bond donors (Lipinski definition) is 3. The molecule has 1 saturated heterocycles. The maximum absolute atomic E-state index is 12.9. The van der Waals surface area contributed by atoms with Crippen molar-refractivity contribution in [3.63, 3.8) is 0 Å². The van der Waals surface area contributed by atoms with Crippen molar-refractivity contribution in [1.82, 2.24) is 19.9 Å². The summed E-state index contributed by atoms with van der Waals surface area (Å²) >= 11 is 0.660. The van der Waals surface area contributed by atoms with Gasteiger partial charge >= 0.3 is 6.18 Å². The van der Waals surface area contributed by atoms with Crippen LogP contribution in [0.25, 0.3) is 16.2 Å². The number of nitrogens with zero attached hydrogens (tertiary/aromatic N) is 3. The average molecular weight is 383 g/mol. The predicted molar refractivity (Wildman–Crippen MR) is 92.2 cm³/mol. The molecule has 6 nitrogen and oxygen atoms in total. The minimum Gasteiger partial charge on any atom is -0.390 e. The van der Waals surface area contributed by atoms with Gasteiger partial charge in [0.05, 0.1) is 23.2 Å². The van der Waals surface area contributed by atoms with E-state index in [1.54, 1.807) is 12.1 Å². The Balaban J connectivity index is 1.65. The fourth-order valence-corrected chi connectivity index (χ4v) is 3.82. The number of nitrogens with one attached hydrogen (secondary N) is 2. The van der Waals surface area contributed by atoms with Crippen LogP contribution in [0.5, 0.6) is 0 Å². The molecule has 0 aromatic carbocycles. The summed E-state index contributed by atoms with van der Waals surface area (Å²) < 4.78 is 40.1. The molecule has 138 valence electrons. The number of imidazole rings is 1. The molecule has 1 aliphatic rings. The summed E-state index contributed by atoms with van der Waals surface area (Å²) in [7, 11) is 0. The number of rotatable bonds is 3. The molecule has 0 unspecified atom stereocenters. The number of alkyl halides is 3. The van der Waals surface area contributed by atoms with Crippen LogP contribution in [-0.4, -0.2) is 44.9 Å². The first-order chi connectivity index (χ1) is 12.4. The molecule has 0 bridgehead atoms. The van der Waals surface area contributed by atoms with Crippen LogP contribution in [-0.2, 0) is 6.18 Å². The third kappa shape index (κ3) is 3.27. The van der Waals surface area contributed by atoms with Crippen molar-refractivity contribution in [3.8, 4) is 10.6 Å². The highest BCUT2D eigenvalue weighted by molar-refractivity contribution is 7.15. The first-order valence-electron chi connectivity index (χ1n) is 8.09. The highest BCUT2D eigenvalue weighted by Crippen LogP contribution is 2.38. The fraction of sp³-hybridized carbons (Fsp3) is 0.375. The van der Waals surface area contributed by atoms with Crippen LogP contribution in [0.2, 0.25) is 0 Å². The van der Waals surface area contributed by atoms with E-state index in [0.717, 1.165) is 19.0 Å². The maximum Gasteiger partial charge on any atom is 0.425 e. The number of aromatic nitrogens is 3. The zero-order valence-corrected chi connectivity index (χ0v) is 14.3. The lowest BCUT2D eigenvalue weighted by atomic mass is 10.0. The molecule has 1 aliphatic heterocycles. The number of anilines is 1. The molecule has 0 saturated carbocycles. The smallest absolute Gasteiger partial charge is 0.390 e. The van der Waals surface area contributed by atoms with Gasteiger partial charge in [-0.1, -0.05) is 0 Å². The lowest BCUT2D eigenvalue weighted by Gasteiger charge is -2.29. The Morgan fingerprint density at radius 2 is 2.12 bits per heavy atom. The van der Waals surface area contributed by atoms with E-state index < -0.39 is 17.2 Å². The van der Waals surface area contributed by atoms with E-state index in [2.05, 4.69) is 20.7 Å². The van der Waals surface area contributed by atoms with Crippen LogP contribution in [0.3, 0.4) is 0 Å². The summed E-state index contributed by atoms with van der Waals surface area (Å²) in [6, 6.07) is 5.84. The Labute approximate surface area is 150 Å². The minimum absolute atomic E-state index is 0.133. The zero-order valence-electron chi connectivity index (χ0n) is 13.5. The number of thiophene rings is 1. The number of aliphatic hydroxyl groups is 1. The topological polar surface area (TPSA) is 74.5 Å². The Hall–Kier alpha value is -2.17. The van der Waals surface area contributed by atoms with Crippen LogP contribution in [0.1, 0.15) is 11.3 Å². The highest BCUT2D eigenvalue weighted by atomic mass is 32.1. The van der Waals surface area contributed by atoms with E-state index in [9.17, 15) is 18.3 Å². The third-order valence-corrected chi connectivity index (χ3v) is 5.44. The van der Waals surface area contributed by atoms with Gasteiger partial charge in [0.2, 0.25) is 0 Å². The zero-order chi connectivity index (χ0) is 18.3. The van der Waals surface area contributed by atoms with Crippen molar-refractivity contribution in [3.05, 3.63) is 35.3 Å². The predicted octanol–water partition coefficient (Wildman–Crippen LogP) is 2.61. The van der Waals surface area contributed by atoms with E-state index in [1.807, 2.05) is 0 Å².